The summed E-state index contributed by atoms with van der Waals surface area (Å²) in [6, 6.07) is 30.1. The van der Waals surface area contributed by atoms with E-state index in [-0.39, 0.29) is 0 Å². The van der Waals surface area contributed by atoms with Crippen molar-refractivity contribution in [3.8, 4) is 0 Å². The van der Waals surface area contributed by atoms with Gasteiger partial charge in [-0.25, -0.2) is 0 Å². The van der Waals surface area contributed by atoms with Gasteiger partial charge in [0.25, 0.3) is 0 Å². The highest BCUT2D eigenvalue weighted by atomic mass is 14.5. The average Bonchev–Trinajstić information content (AvgIpc) is 3.05. The molecular weight excluding hydrogens is 528 g/mol. The molecule has 0 amide bonds. The van der Waals surface area contributed by atoms with Crippen LogP contribution in [-0.2, 0) is 25.7 Å². The minimum absolute atomic E-state index is 0.361. The van der Waals surface area contributed by atoms with Gasteiger partial charge in [-0.05, 0) is 118 Å². The van der Waals surface area contributed by atoms with Crippen molar-refractivity contribution in [1.29, 1.82) is 0 Å². The van der Waals surface area contributed by atoms with Gasteiger partial charge in [0.1, 0.15) is 0 Å². The topological polar surface area (TPSA) is 0 Å². The van der Waals surface area contributed by atoms with Crippen molar-refractivity contribution in [2.45, 2.75) is 128 Å². The minimum atomic E-state index is 0.361. The molecule has 0 saturated carbocycles. The molecule has 44 heavy (non-hydrogen) atoms. The Morgan fingerprint density at radius 1 is 0.341 bits per heavy atom. The highest BCUT2D eigenvalue weighted by Gasteiger charge is 2.50. The first kappa shape index (κ1) is 29.6. The van der Waals surface area contributed by atoms with Gasteiger partial charge in [-0.15, -0.1) is 0 Å². The zero-order valence-electron chi connectivity index (χ0n) is 27.7. The molecule has 4 aromatic rings. The molecule has 0 nitrogen and oxygen atoms in total. The lowest BCUT2D eigenvalue weighted by atomic mass is 9.52. The maximum atomic E-state index is 2.72. The van der Waals surface area contributed by atoms with Crippen LogP contribution in [-0.4, -0.2) is 0 Å². The van der Waals surface area contributed by atoms with Crippen LogP contribution in [0.25, 0.3) is 0 Å². The number of hydrogen-bond donors (Lipinski definition) is 0. The molecule has 0 aliphatic heterocycles. The molecule has 0 radical (unpaired) electrons. The third kappa shape index (κ3) is 4.88. The molecule has 6 aliphatic rings. The largest absolute Gasteiger partial charge is 0.0654 e. The molecule has 228 valence electrons. The van der Waals surface area contributed by atoms with E-state index in [1.807, 2.05) is 0 Å². The van der Waals surface area contributed by atoms with Crippen LogP contribution in [0.1, 0.15) is 169 Å². The normalized spacial score (nSPS) is 20.5. The fourth-order valence-electron chi connectivity index (χ4n) is 9.19. The number of unbranched alkanes of at least 4 members (excludes halogenated alkanes) is 4. The molecule has 10 rings (SSSR count). The molecule has 0 spiro atoms. The molecule has 0 fully saturated rings. The quantitative estimate of drug-likeness (QED) is 0.156. The Kier molecular flexibility index (Phi) is 8.54. The fraction of sp³-hybridized carbons (Fsp3) is 0.455. The number of aryl methyl sites for hydroxylation is 4. The molecule has 0 heterocycles. The summed E-state index contributed by atoms with van der Waals surface area (Å²) in [6.45, 7) is 9.37. The van der Waals surface area contributed by atoms with Gasteiger partial charge in [0, 0.05) is 23.7 Å². The first-order valence-electron chi connectivity index (χ1n) is 18.2. The van der Waals surface area contributed by atoms with E-state index >= 15 is 0 Å². The van der Waals surface area contributed by atoms with E-state index in [4.69, 9.17) is 0 Å². The van der Waals surface area contributed by atoms with Gasteiger partial charge in [0.05, 0.1) is 0 Å². The van der Waals surface area contributed by atoms with Gasteiger partial charge < -0.3 is 0 Å². The molecule has 0 unspecified atom stereocenters. The Hall–Kier alpha value is -3.12. The van der Waals surface area contributed by atoms with Crippen molar-refractivity contribution in [2.75, 3.05) is 0 Å². The van der Waals surface area contributed by atoms with Crippen LogP contribution in [0.5, 0.6) is 0 Å². The van der Waals surface area contributed by atoms with Gasteiger partial charge >= 0.3 is 0 Å². The summed E-state index contributed by atoms with van der Waals surface area (Å²) < 4.78 is 0. The predicted molar refractivity (Wildman–Crippen MR) is 188 cm³/mol. The predicted octanol–water partition coefficient (Wildman–Crippen LogP) is 11.9. The van der Waals surface area contributed by atoms with Crippen LogP contribution >= 0.6 is 0 Å². The first-order chi connectivity index (χ1) is 21.7. The third-order valence-electron chi connectivity index (χ3n) is 11.3. The Morgan fingerprint density at radius 3 is 0.773 bits per heavy atom. The van der Waals surface area contributed by atoms with Gasteiger partial charge in [-0.1, -0.05) is 126 Å². The second-order valence-corrected chi connectivity index (χ2v) is 14.1. The first-order valence-corrected chi connectivity index (χ1v) is 18.2. The maximum Gasteiger partial charge on any atom is 0.0205 e. The van der Waals surface area contributed by atoms with E-state index < -0.39 is 0 Å². The van der Waals surface area contributed by atoms with Gasteiger partial charge in [-0.2, -0.15) is 0 Å². The number of rotatable bonds is 12. The standard InChI is InChI=1S/C44H52/c1-5-9-17-29-25-37-38(26-30(29)18-10-6-2)42-34-22-14-13-21-33(34)41(37)43-35-23-15-16-24-36(35)44(42)40-28-32(20-12-8-4)31(19-11-7-3)27-39(40)43/h13-16,21-28,41-44H,5-12,17-20H2,1-4H3/t41-,42+,43-,44+. The molecule has 0 heteroatoms. The van der Waals surface area contributed by atoms with E-state index in [2.05, 4.69) is 100 Å². The van der Waals surface area contributed by atoms with Crippen LogP contribution in [0.15, 0.2) is 72.8 Å². The molecule has 0 N–H and O–H groups in total. The summed E-state index contributed by atoms with van der Waals surface area (Å²) in [4.78, 5) is 0. The van der Waals surface area contributed by atoms with Crippen LogP contribution in [0.3, 0.4) is 0 Å². The summed E-state index contributed by atoms with van der Waals surface area (Å²) >= 11 is 0. The van der Waals surface area contributed by atoms with Gasteiger partial charge in [0.15, 0.2) is 0 Å². The Balaban J connectivity index is 1.52. The third-order valence-corrected chi connectivity index (χ3v) is 11.3. The minimum Gasteiger partial charge on any atom is -0.0654 e. The van der Waals surface area contributed by atoms with E-state index in [1.54, 1.807) is 66.8 Å². The SMILES string of the molecule is CCCCc1cc2c(cc1CCCC)[C@@H]1c3ccccc3[C@H]2[C@@H]2c3ccccc3[C@H]1c1cc(CCCC)c(CCCC)cc12. The highest BCUT2D eigenvalue weighted by molar-refractivity contribution is 5.69. The second kappa shape index (κ2) is 12.7. The van der Waals surface area contributed by atoms with Crippen molar-refractivity contribution in [2.24, 2.45) is 0 Å². The number of hydrogen-bond acceptors (Lipinski definition) is 0. The smallest absolute Gasteiger partial charge is 0.0205 e. The molecule has 4 aromatic carbocycles. The average molecular weight is 581 g/mol. The number of benzene rings is 4. The summed E-state index contributed by atoms with van der Waals surface area (Å²) in [7, 11) is 0. The summed E-state index contributed by atoms with van der Waals surface area (Å²) in [5.74, 6) is 1.44. The maximum absolute atomic E-state index is 2.72. The lowest BCUT2D eigenvalue weighted by molar-refractivity contribution is 0.526. The molecule has 4 atom stereocenters. The Bertz CT molecular complexity index is 1390. The summed E-state index contributed by atoms with van der Waals surface area (Å²) in [6.07, 6.45) is 15.0. The van der Waals surface area contributed by atoms with E-state index in [0.29, 0.717) is 23.7 Å². The van der Waals surface area contributed by atoms with E-state index in [1.165, 1.54) is 77.0 Å². The van der Waals surface area contributed by atoms with Crippen LogP contribution in [0, 0.1) is 0 Å². The van der Waals surface area contributed by atoms with Crippen molar-refractivity contribution < 1.29 is 0 Å². The molecule has 4 bridgehead atoms. The van der Waals surface area contributed by atoms with Gasteiger partial charge in [0.2, 0.25) is 0 Å². The summed E-state index contributed by atoms with van der Waals surface area (Å²) in [5, 5.41) is 0. The highest BCUT2D eigenvalue weighted by Crippen LogP contribution is 2.64. The molecule has 0 aromatic heterocycles. The molecule has 6 aliphatic carbocycles. The fourth-order valence-corrected chi connectivity index (χ4v) is 9.19. The lowest BCUT2D eigenvalue weighted by Gasteiger charge is -2.50. The van der Waals surface area contributed by atoms with Crippen LogP contribution in [0.4, 0.5) is 0 Å². The Morgan fingerprint density at radius 2 is 0.568 bits per heavy atom. The zero-order chi connectivity index (χ0) is 30.2. The molecular formula is C44H52. The van der Waals surface area contributed by atoms with Crippen molar-refractivity contribution in [3.63, 3.8) is 0 Å². The van der Waals surface area contributed by atoms with Crippen molar-refractivity contribution >= 4 is 0 Å². The van der Waals surface area contributed by atoms with E-state index in [9.17, 15) is 0 Å². The van der Waals surface area contributed by atoms with E-state index in [0.717, 1.165) is 0 Å². The zero-order valence-corrected chi connectivity index (χ0v) is 27.7. The molecule has 0 saturated heterocycles. The lowest BCUT2D eigenvalue weighted by Crippen LogP contribution is -2.36. The van der Waals surface area contributed by atoms with Crippen LogP contribution in [0.2, 0.25) is 0 Å². The van der Waals surface area contributed by atoms with Crippen molar-refractivity contribution in [1.82, 2.24) is 0 Å². The van der Waals surface area contributed by atoms with Gasteiger partial charge in [-0.3, -0.25) is 0 Å². The monoisotopic (exact) mass is 580 g/mol. The summed E-state index contributed by atoms with van der Waals surface area (Å²) in [5.41, 5.74) is 19.4. The van der Waals surface area contributed by atoms with Crippen molar-refractivity contribution in [3.05, 3.63) is 140 Å². The van der Waals surface area contributed by atoms with Crippen LogP contribution < -0.4 is 0 Å². The Labute approximate surface area is 267 Å². The second-order valence-electron chi connectivity index (χ2n) is 14.1.